The molecule has 2 aliphatic heterocycles. The van der Waals surface area contributed by atoms with E-state index in [4.69, 9.17) is 16.6 Å². The summed E-state index contributed by atoms with van der Waals surface area (Å²) >= 11 is 0. The molecule has 0 unspecified atom stereocenters. The molecule has 0 aliphatic carbocycles. The number of aryl methyl sites for hydroxylation is 1. The fourth-order valence-corrected chi connectivity index (χ4v) is 5.97. The second-order valence-electron chi connectivity index (χ2n) is 11.4. The predicted molar refractivity (Wildman–Crippen MR) is 162 cm³/mol. The molecule has 222 valence electrons. The number of halogens is 1. The Morgan fingerprint density at radius 1 is 1.14 bits per heavy atom. The lowest BCUT2D eigenvalue weighted by Gasteiger charge is -2.44. The van der Waals surface area contributed by atoms with E-state index in [9.17, 15) is 9.59 Å². The largest absolute Gasteiger partial charge is 0.403 e. The molecule has 5 heterocycles. The van der Waals surface area contributed by atoms with Gasteiger partial charge in [-0.2, -0.15) is 4.98 Å². The number of hydrogen-bond acceptors (Lipinski definition) is 9. The van der Waals surface area contributed by atoms with Crippen molar-refractivity contribution in [1.82, 2.24) is 24.4 Å². The number of pyridine rings is 2. The van der Waals surface area contributed by atoms with E-state index in [1.807, 2.05) is 38.7 Å². The van der Waals surface area contributed by atoms with Crippen molar-refractivity contribution in [3.8, 4) is 5.69 Å². The van der Waals surface area contributed by atoms with E-state index in [0.717, 1.165) is 29.1 Å². The number of aromatic nitrogens is 4. The van der Waals surface area contributed by atoms with Crippen molar-refractivity contribution in [2.24, 2.45) is 11.6 Å². The minimum atomic E-state index is -0.675. The zero-order valence-corrected chi connectivity index (χ0v) is 24.5. The van der Waals surface area contributed by atoms with Crippen LogP contribution >= 0.6 is 0 Å². The standard InChI is InChI=1S/C30H38FN9O2/c1-6-24(41)37-15-19(5)38(16-18(37)4)27-22-13-23(31)29-35-28(22)39(30(42)36-27)26-20(11-12-34-25(26)17(2)3)9-7-8-10-21(14-32)40(29)33/h6,11-14,17-19H,1,7-10,15-16,32-33H2,2-5H3/b21-14-/t18-,19+/m1/s1. The molecule has 3 aromatic rings. The minimum Gasteiger partial charge on any atom is -0.403 e. The van der Waals surface area contributed by atoms with Gasteiger partial charge in [0.15, 0.2) is 17.3 Å². The summed E-state index contributed by atoms with van der Waals surface area (Å²) in [7, 11) is 0. The topological polar surface area (TPSA) is 140 Å². The molecule has 1 amide bonds. The summed E-state index contributed by atoms with van der Waals surface area (Å²) in [6, 6.07) is 2.83. The third kappa shape index (κ3) is 5.00. The van der Waals surface area contributed by atoms with Crippen molar-refractivity contribution in [2.45, 2.75) is 71.4 Å². The van der Waals surface area contributed by atoms with Crippen LogP contribution < -0.4 is 27.2 Å². The molecule has 4 N–H and O–H groups in total. The van der Waals surface area contributed by atoms with Gasteiger partial charge in [-0.25, -0.2) is 24.6 Å². The summed E-state index contributed by atoms with van der Waals surface area (Å²) in [6.07, 6.45) is 7.16. The zero-order valence-electron chi connectivity index (χ0n) is 24.5. The fourth-order valence-electron chi connectivity index (χ4n) is 5.97. The average molecular weight is 576 g/mol. The molecule has 2 bridgehead atoms. The first-order valence-corrected chi connectivity index (χ1v) is 14.3. The maximum Gasteiger partial charge on any atom is 0.355 e. The van der Waals surface area contributed by atoms with Crippen molar-refractivity contribution >= 4 is 28.6 Å². The van der Waals surface area contributed by atoms with E-state index >= 15 is 4.39 Å². The monoisotopic (exact) mass is 575 g/mol. The Labute approximate surface area is 244 Å². The Kier molecular flexibility index (Phi) is 8.00. The van der Waals surface area contributed by atoms with E-state index in [1.54, 1.807) is 11.1 Å². The predicted octanol–water partition coefficient (Wildman–Crippen LogP) is 3.26. The van der Waals surface area contributed by atoms with Gasteiger partial charge in [-0.05, 0) is 69.2 Å². The molecule has 2 aliphatic rings. The number of carbonyl (C=O) groups excluding carboxylic acids is 1. The third-order valence-electron chi connectivity index (χ3n) is 8.16. The number of hydrazine groups is 1. The van der Waals surface area contributed by atoms with Gasteiger partial charge in [-0.15, -0.1) is 0 Å². The summed E-state index contributed by atoms with van der Waals surface area (Å²) in [5, 5.41) is 1.51. The highest BCUT2D eigenvalue weighted by Crippen LogP contribution is 2.35. The normalized spacial score (nSPS) is 20.5. The Balaban J connectivity index is 1.83. The zero-order chi connectivity index (χ0) is 30.3. The molecule has 2 atom stereocenters. The van der Waals surface area contributed by atoms with E-state index in [1.165, 1.54) is 22.9 Å². The molecule has 1 fully saturated rings. The molecule has 0 saturated carbocycles. The van der Waals surface area contributed by atoms with Gasteiger partial charge in [0.25, 0.3) is 0 Å². The minimum absolute atomic E-state index is 0.0106. The van der Waals surface area contributed by atoms with Gasteiger partial charge in [0, 0.05) is 37.6 Å². The SMILES string of the molecule is C=CC(=O)N1C[C@H](C)N(c2nc(=O)n3c4nc(c(F)cc24)N(N)/C(=C\N)CCCCc2ccnc(C(C)C)c2-3)C[C@H]1C. The van der Waals surface area contributed by atoms with Gasteiger partial charge < -0.3 is 15.5 Å². The van der Waals surface area contributed by atoms with Crippen LogP contribution in [0.15, 0.2) is 47.7 Å². The summed E-state index contributed by atoms with van der Waals surface area (Å²) in [4.78, 5) is 44.2. The van der Waals surface area contributed by atoms with Crippen LogP contribution in [0.3, 0.4) is 0 Å². The highest BCUT2D eigenvalue weighted by molar-refractivity contribution is 5.91. The van der Waals surface area contributed by atoms with Crippen LogP contribution in [0, 0.1) is 5.82 Å². The van der Waals surface area contributed by atoms with Crippen LogP contribution in [0.5, 0.6) is 0 Å². The van der Waals surface area contributed by atoms with Crippen molar-refractivity contribution in [2.75, 3.05) is 23.0 Å². The molecule has 0 radical (unpaired) electrons. The first-order valence-electron chi connectivity index (χ1n) is 14.3. The number of nitrogens with two attached hydrogens (primary N) is 2. The lowest BCUT2D eigenvalue weighted by molar-refractivity contribution is -0.128. The molecule has 0 spiro atoms. The maximum atomic E-state index is 15.9. The molecule has 11 nitrogen and oxygen atoms in total. The molecule has 0 aromatic carbocycles. The Morgan fingerprint density at radius 2 is 1.88 bits per heavy atom. The first-order chi connectivity index (χ1) is 20.1. The summed E-state index contributed by atoms with van der Waals surface area (Å²) in [5.41, 5.74) is 8.35. The van der Waals surface area contributed by atoms with Gasteiger partial charge in [-0.1, -0.05) is 20.4 Å². The van der Waals surface area contributed by atoms with Crippen LogP contribution in [0.4, 0.5) is 16.0 Å². The number of anilines is 2. The number of amides is 1. The molecule has 42 heavy (non-hydrogen) atoms. The number of allylic oxidation sites excluding steroid dienone is 1. The number of fused-ring (bicyclic) bond motifs is 3. The Hall–Kier alpha value is -4.32. The highest BCUT2D eigenvalue weighted by atomic mass is 19.1. The van der Waals surface area contributed by atoms with Crippen molar-refractivity contribution in [1.29, 1.82) is 0 Å². The van der Waals surface area contributed by atoms with E-state index in [2.05, 4.69) is 16.5 Å². The van der Waals surface area contributed by atoms with Crippen LogP contribution in [0.2, 0.25) is 0 Å². The average Bonchev–Trinajstić information content (AvgIpc) is 2.96. The van der Waals surface area contributed by atoms with Gasteiger partial charge in [0.2, 0.25) is 5.91 Å². The smallest absolute Gasteiger partial charge is 0.355 e. The number of hydrogen-bond donors (Lipinski definition) is 2. The summed E-state index contributed by atoms with van der Waals surface area (Å²) < 4.78 is 17.4. The molecule has 1 saturated heterocycles. The molecule has 3 aromatic heterocycles. The van der Waals surface area contributed by atoms with Gasteiger partial charge in [-0.3, -0.25) is 14.8 Å². The van der Waals surface area contributed by atoms with Crippen LogP contribution in [0.25, 0.3) is 16.7 Å². The quantitative estimate of drug-likeness (QED) is 0.356. The van der Waals surface area contributed by atoms with Crippen molar-refractivity contribution in [3.63, 3.8) is 0 Å². The maximum absolute atomic E-state index is 15.9. The van der Waals surface area contributed by atoms with Crippen LogP contribution in [-0.4, -0.2) is 55.5 Å². The Bertz CT molecular complexity index is 1630. The van der Waals surface area contributed by atoms with E-state index in [-0.39, 0.29) is 35.4 Å². The van der Waals surface area contributed by atoms with Gasteiger partial charge in [0.05, 0.1) is 22.5 Å². The number of carbonyl (C=O) groups is 1. The summed E-state index contributed by atoms with van der Waals surface area (Å²) in [6.45, 7) is 12.3. The molecule has 12 heteroatoms. The van der Waals surface area contributed by atoms with E-state index < -0.39 is 11.5 Å². The van der Waals surface area contributed by atoms with Crippen molar-refractivity contribution in [3.05, 3.63) is 70.4 Å². The number of piperazine rings is 1. The summed E-state index contributed by atoms with van der Waals surface area (Å²) in [5.74, 6) is 5.69. The lowest BCUT2D eigenvalue weighted by Crippen LogP contribution is -2.58. The second kappa shape index (κ2) is 11.5. The van der Waals surface area contributed by atoms with E-state index in [0.29, 0.717) is 48.5 Å². The number of rotatable bonds is 3. The molecular formula is C30H38FN9O2. The lowest BCUT2D eigenvalue weighted by atomic mass is 9.99. The molecule has 5 rings (SSSR count). The van der Waals surface area contributed by atoms with Crippen LogP contribution in [0.1, 0.15) is 64.1 Å². The molecular weight excluding hydrogens is 537 g/mol. The first kappa shape index (κ1) is 29.2. The van der Waals surface area contributed by atoms with Crippen molar-refractivity contribution < 1.29 is 9.18 Å². The van der Waals surface area contributed by atoms with Gasteiger partial charge in [0.1, 0.15) is 5.82 Å². The highest BCUT2D eigenvalue weighted by Gasteiger charge is 2.34. The van der Waals surface area contributed by atoms with Gasteiger partial charge >= 0.3 is 5.69 Å². The van der Waals surface area contributed by atoms with Crippen LogP contribution in [-0.2, 0) is 11.2 Å². The second-order valence-corrected chi connectivity index (χ2v) is 11.4. The fraction of sp³-hybridized carbons (Fsp3) is 0.433. The number of nitrogens with zero attached hydrogens (tertiary/aromatic N) is 7. The third-order valence-corrected chi connectivity index (χ3v) is 8.16. The Morgan fingerprint density at radius 3 is 2.57 bits per heavy atom.